The smallest absolute Gasteiger partial charge is 0.332 e. The van der Waals surface area contributed by atoms with E-state index in [0.29, 0.717) is 5.56 Å². The van der Waals surface area contributed by atoms with Gasteiger partial charge in [-0.05, 0) is 11.6 Å². The minimum Gasteiger partial charge on any atom is -0.495 e. The zero-order chi connectivity index (χ0) is 23.9. The molecule has 0 aromatic heterocycles. The summed E-state index contributed by atoms with van der Waals surface area (Å²) in [6, 6.07) is 8.80. The third-order valence-electron chi connectivity index (χ3n) is 5.31. The van der Waals surface area contributed by atoms with Crippen LogP contribution in [-0.4, -0.2) is 79.4 Å². The van der Waals surface area contributed by atoms with Gasteiger partial charge < -0.3 is 33.2 Å². The van der Waals surface area contributed by atoms with Gasteiger partial charge in [0.1, 0.15) is 13.2 Å². The van der Waals surface area contributed by atoms with Crippen LogP contribution in [0.2, 0.25) is 0 Å². The molecular weight excluding hydrogens is 436 g/mol. The molecular formula is C23H28O10. The lowest BCUT2D eigenvalue weighted by atomic mass is 9.71. The Balaban J connectivity index is 2.27. The quantitative estimate of drug-likeness (QED) is 0.272. The Morgan fingerprint density at radius 1 is 0.909 bits per heavy atom. The summed E-state index contributed by atoms with van der Waals surface area (Å²) in [6.45, 7) is -0.0697. The Hall–Kier alpha value is -2.92. The Bertz CT molecular complexity index is 885. The second-order valence-corrected chi connectivity index (χ2v) is 7.08. The molecule has 3 rings (SSSR count). The summed E-state index contributed by atoms with van der Waals surface area (Å²) in [5.41, 5.74) is -1.38. The van der Waals surface area contributed by atoms with Crippen molar-refractivity contribution in [3.05, 3.63) is 53.5 Å². The molecule has 33 heavy (non-hydrogen) atoms. The molecule has 10 nitrogen and oxygen atoms in total. The zero-order valence-electron chi connectivity index (χ0n) is 19.1. The van der Waals surface area contributed by atoms with Gasteiger partial charge in [0.2, 0.25) is 5.41 Å². The summed E-state index contributed by atoms with van der Waals surface area (Å²) < 4.78 is 43.6. The van der Waals surface area contributed by atoms with Crippen LogP contribution in [0.5, 0.6) is 0 Å². The maximum Gasteiger partial charge on any atom is 0.332 e. The van der Waals surface area contributed by atoms with Crippen molar-refractivity contribution in [3.63, 3.8) is 0 Å². The summed E-state index contributed by atoms with van der Waals surface area (Å²) in [6.07, 6.45) is 1.31. The lowest BCUT2D eigenvalue weighted by molar-refractivity contribution is -0.176. The zero-order valence-corrected chi connectivity index (χ0v) is 19.1. The van der Waals surface area contributed by atoms with Crippen molar-refractivity contribution in [1.29, 1.82) is 0 Å². The summed E-state index contributed by atoms with van der Waals surface area (Å²) >= 11 is 0. The van der Waals surface area contributed by atoms with Gasteiger partial charge in [-0.25, -0.2) is 0 Å². The molecule has 10 heteroatoms. The van der Waals surface area contributed by atoms with Gasteiger partial charge in [-0.3, -0.25) is 14.3 Å². The highest BCUT2D eigenvalue weighted by molar-refractivity contribution is 6.15. The van der Waals surface area contributed by atoms with Crippen LogP contribution in [-0.2, 0) is 47.5 Å². The average molecular weight is 464 g/mol. The van der Waals surface area contributed by atoms with E-state index in [1.807, 2.05) is 0 Å². The molecule has 1 aromatic rings. The second-order valence-electron chi connectivity index (χ2n) is 7.08. The number of ether oxygens (including phenoxy) is 8. The predicted molar refractivity (Wildman–Crippen MR) is 113 cm³/mol. The second kappa shape index (κ2) is 10.8. The lowest BCUT2D eigenvalue weighted by Gasteiger charge is -2.39. The van der Waals surface area contributed by atoms with Crippen molar-refractivity contribution < 1.29 is 47.5 Å². The van der Waals surface area contributed by atoms with Gasteiger partial charge >= 0.3 is 11.9 Å². The minimum atomic E-state index is -2.07. The van der Waals surface area contributed by atoms with Crippen LogP contribution in [0.15, 0.2) is 47.9 Å². The molecule has 0 N–H and O–H groups in total. The Morgan fingerprint density at radius 3 is 2.03 bits per heavy atom. The number of carbonyl (C=O) groups is 2. The number of benzene rings is 1. The van der Waals surface area contributed by atoms with Crippen LogP contribution in [0.3, 0.4) is 0 Å². The van der Waals surface area contributed by atoms with E-state index in [1.165, 1.54) is 34.5 Å². The Labute approximate surface area is 191 Å². The van der Waals surface area contributed by atoms with Crippen LogP contribution >= 0.6 is 0 Å². The van der Waals surface area contributed by atoms with E-state index >= 15 is 0 Å². The van der Waals surface area contributed by atoms with E-state index in [4.69, 9.17) is 37.9 Å². The first-order valence-electron chi connectivity index (χ1n) is 10.2. The molecule has 0 bridgehead atoms. The van der Waals surface area contributed by atoms with Crippen LogP contribution in [0.25, 0.3) is 5.57 Å². The monoisotopic (exact) mass is 464 g/mol. The maximum absolute atomic E-state index is 13.6. The third-order valence-corrected chi connectivity index (χ3v) is 5.31. The van der Waals surface area contributed by atoms with Crippen molar-refractivity contribution >= 4 is 17.5 Å². The largest absolute Gasteiger partial charge is 0.495 e. The van der Waals surface area contributed by atoms with Gasteiger partial charge in [-0.1, -0.05) is 30.3 Å². The minimum absolute atomic E-state index is 0.0459. The summed E-state index contributed by atoms with van der Waals surface area (Å²) in [4.78, 5) is 27.2. The first kappa shape index (κ1) is 24.7. The van der Waals surface area contributed by atoms with Crippen molar-refractivity contribution in [3.8, 4) is 0 Å². The first-order chi connectivity index (χ1) is 16.0. The van der Waals surface area contributed by atoms with Gasteiger partial charge in [-0.2, -0.15) is 0 Å². The average Bonchev–Trinajstić information content (AvgIpc) is 3.28. The standard InChI is InChI=1S/C23H28O10/c1-26-10-12-30-20(24)22(21(25)31-13-11-27-2)14-17(28-3)23(29-4)19(32-15-33-23)18(22)16-8-6-5-7-9-16/h5-9,14H,10-13,15H2,1-4H3. The number of hydrogen-bond donors (Lipinski definition) is 0. The van der Waals surface area contributed by atoms with Crippen LogP contribution in [0.4, 0.5) is 0 Å². The van der Waals surface area contributed by atoms with E-state index in [0.717, 1.165) is 0 Å². The highest BCUT2D eigenvalue weighted by Gasteiger charge is 2.63. The van der Waals surface area contributed by atoms with Crippen molar-refractivity contribution in [1.82, 2.24) is 0 Å². The Morgan fingerprint density at radius 2 is 1.52 bits per heavy atom. The number of fused-ring (bicyclic) bond motifs is 1. The highest BCUT2D eigenvalue weighted by Crippen LogP contribution is 2.54. The molecule has 1 aromatic carbocycles. The van der Waals surface area contributed by atoms with Crippen LogP contribution in [0, 0.1) is 5.41 Å². The highest BCUT2D eigenvalue weighted by atomic mass is 16.8. The molecule has 0 spiro atoms. The van der Waals surface area contributed by atoms with Gasteiger partial charge in [-0.15, -0.1) is 0 Å². The van der Waals surface area contributed by atoms with Gasteiger partial charge in [0.05, 0.1) is 20.3 Å². The molecule has 180 valence electrons. The van der Waals surface area contributed by atoms with E-state index in [-0.39, 0.29) is 50.3 Å². The molecule has 1 heterocycles. The predicted octanol–water partition coefficient (Wildman–Crippen LogP) is 1.65. The molecule has 0 radical (unpaired) electrons. The SMILES string of the molecule is COCCOC(=O)C1(C(=O)OCCOC)C=C(OC)C2(OC)OCOC2=C1c1ccccc1. The van der Waals surface area contributed by atoms with Crippen LogP contribution in [0.1, 0.15) is 5.56 Å². The normalized spacial score (nSPS) is 21.0. The number of carbonyl (C=O) groups excluding carboxylic acids is 2. The lowest BCUT2D eigenvalue weighted by Crippen LogP contribution is -2.50. The molecule has 0 amide bonds. The topological polar surface area (TPSA) is 108 Å². The fourth-order valence-electron chi connectivity index (χ4n) is 3.77. The summed E-state index contributed by atoms with van der Waals surface area (Å²) in [7, 11) is 5.72. The van der Waals surface area contributed by atoms with Gasteiger partial charge in [0, 0.05) is 26.9 Å². The molecule has 1 atom stereocenters. The van der Waals surface area contributed by atoms with E-state index < -0.39 is 23.1 Å². The molecule has 1 aliphatic carbocycles. The van der Waals surface area contributed by atoms with Crippen molar-refractivity contribution in [2.75, 3.05) is 61.7 Å². The molecule has 1 fully saturated rings. The fraction of sp³-hybridized carbons (Fsp3) is 0.478. The molecule has 2 aliphatic rings. The number of esters is 2. The number of methoxy groups -OCH3 is 4. The number of hydrogen-bond acceptors (Lipinski definition) is 10. The van der Waals surface area contributed by atoms with Gasteiger partial charge in [0.25, 0.3) is 5.79 Å². The summed E-state index contributed by atoms with van der Waals surface area (Å²) in [5.74, 6) is -3.21. The van der Waals surface area contributed by atoms with E-state index in [9.17, 15) is 9.59 Å². The third kappa shape index (κ3) is 4.34. The summed E-state index contributed by atoms with van der Waals surface area (Å²) in [5, 5.41) is 0. The number of rotatable bonds is 11. The Kier molecular flexibility index (Phi) is 8.09. The van der Waals surface area contributed by atoms with Crippen molar-refractivity contribution in [2.45, 2.75) is 5.79 Å². The van der Waals surface area contributed by atoms with E-state index in [1.54, 1.807) is 30.3 Å². The molecule has 1 aliphatic heterocycles. The van der Waals surface area contributed by atoms with Crippen LogP contribution < -0.4 is 0 Å². The van der Waals surface area contributed by atoms with Gasteiger partial charge in [0.15, 0.2) is 18.3 Å². The molecule has 0 saturated carbocycles. The maximum atomic E-state index is 13.6. The first-order valence-corrected chi connectivity index (χ1v) is 10.2. The van der Waals surface area contributed by atoms with E-state index in [2.05, 4.69) is 0 Å². The molecule has 1 unspecified atom stereocenters. The van der Waals surface area contributed by atoms with Crippen molar-refractivity contribution in [2.24, 2.45) is 5.41 Å². The fourth-order valence-corrected chi connectivity index (χ4v) is 3.77. The molecule has 1 saturated heterocycles.